The molecule has 0 aliphatic rings. The van der Waals surface area contributed by atoms with Crippen molar-refractivity contribution in [2.45, 2.75) is 6.54 Å². The summed E-state index contributed by atoms with van der Waals surface area (Å²) in [6.45, 7) is 0.701. The molecule has 1 aromatic carbocycles. The Labute approximate surface area is 118 Å². The van der Waals surface area contributed by atoms with Crippen LogP contribution in [-0.2, 0) is 6.54 Å². The number of aromatic nitrogens is 4. The number of nitrogens with zero attached hydrogens (tertiary/aromatic N) is 4. The first-order valence-electron chi connectivity index (χ1n) is 5.59. The summed E-state index contributed by atoms with van der Waals surface area (Å²) in [6, 6.07) is 5.61. The van der Waals surface area contributed by atoms with Crippen molar-refractivity contribution in [3.05, 3.63) is 52.5 Å². The van der Waals surface area contributed by atoms with Gasteiger partial charge >= 0.3 is 0 Å². The Bertz CT molecular complexity index is 651. The highest BCUT2D eigenvalue weighted by atomic mass is 35.5. The Balaban J connectivity index is 1.88. The van der Waals surface area contributed by atoms with E-state index in [0.717, 1.165) is 16.3 Å². The van der Waals surface area contributed by atoms with Crippen molar-refractivity contribution in [3.8, 4) is 5.69 Å². The zero-order valence-electron chi connectivity index (χ0n) is 9.82. The van der Waals surface area contributed by atoms with Crippen molar-refractivity contribution in [1.82, 2.24) is 19.7 Å². The number of benzene rings is 1. The molecule has 0 atom stereocenters. The van der Waals surface area contributed by atoms with Gasteiger partial charge in [0.2, 0.25) is 0 Å². The fourth-order valence-corrected chi connectivity index (χ4v) is 2.40. The predicted octanol–water partition coefficient (Wildman–Crippen LogP) is 2.99. The standard InChI is InChI=1S/C12H10ClN5S/c13-9-1-2-12(18-7-15-6-17-18)11(3-9)16-5-10-4-14-8-19-10/h1-4,6-8,16H,5H2. The molecular weight excluding hydrogens is 282 g/mol. The van der Waals surface area contributed by atoms with Crippen LogP contribution in [0.2, 0.25) is 5.02 Å². The second kappa shape index (κ2) is 5.38. The molecule has 0 unspecified atom stereocenters. The van der Waals surface area contributed by atoms with E-state index in [4.69, 9.17) is 11.6 Å². The average Bonchev–Trinajstić information content (AvgIpc) is 3.10. The first-order valence-corrected chi connectivity index (χ1v) is 6.84. The quantitative estimate of drug-likeness (QED) is 0.803. The molecule has 0 aliphatic carbocycles. The molecule has 19 heavy (non-hydrogen) atoms. The molecule has 2 heterocycles. The highest BCUT2D eigenvalue weighted by Crippen LogP contribution is 2.24. The lowest BCUT2D eigenvalue weighted by atomic mass is 10.2. The third-order valence-electron chi connectivity index (χ3n) is 2.56. The molecule has 1 N–H and O–H groups in total. The van der Waals surface area contributed by atoms with Gasteiger partial charge in [-0.1, -0.05) is 11.6 Å². The van der Waals surface area contributed by atoms with Gasteiger partial charge in [-0.05, 0) is 18.2 Å². The number of hydrogen-bond acceptors (Lipinski definition) is 5. The second-order valence-electron chi connectivity index (χ2n) is 3.82. The molecule has 0 amide bonds. The maximum atomic E-state index is 6.04. The van der Waals surface area contributed by atoms with Crippen LogP contribution in [0.1, 0.15) is 4.88 Å². The summed E-state index contributed by atoms with van der Waals surface area (Å²) in [5.41, 5.74) is 3.63. The maximum Gasteiger partial charge on any atom is 0.138 e. The van der Waals surface area contributed by atoms with E-state index in [2.05, 4.69) is 20.4 Å². The van der Waals surface area contributed by atoms with E-state index in [9.17, 15) is 0 Å². The van der Waals surface area contributed by atoms with Gasteiger partial charge in [-0.15, -0.1) is 11.3 Å². The summed E-state index contributed by atoms with van der Waals surface area (Å²) >= 11 is 7.65. The molecule has 3 aromatic rings. The van der Waals surface area contributed by atoms with Crippen LogP contribution < -0.4 is 5.32 Å². The number of anilines is 1. The average molecular weight is 292 g/mol. The molecule has 0 saturated carbocycles. The Hall–Kier alpha value is -1.92. The second-order valence-corrected chi connectivity index (χ2v) is 5.23. The summed E-state index contributed by atoms with van der Waals surface area (Å²) < 4.78 is 1.70. The molecule has 0 bridgehead atoms. The molecule has 0 aliphatic heterocycles. The third-order valence-corrected chi connectivity index (χ3v) is 3.58. The molecule has 96 valence electrons. The molecule has 0 fully saturated rings. The fraction of sp³-hybridized carbons (Fsp3) is 0.0833. The molecule has 0 saturated heterocycles. The van der Waals surface area contributed by atoms with Gasteiger partial charge in [0.15, 0.2) is 0 Å². The van der Waals surface area contributed by atoms with Crippen LogP contribution in [-0.4, -0.2) is 19.7 Å². The lowest BCUT2D eigenvalue weighted by molar-refractivity contribution is 0.878. The third kappa shape index (κ3) is 2.74. The lowest BCUT2D eigenvalue weighted by Crippen LogP contribution is -2.04. The number of halogens is 1. The number of hydrogen-bond donors (Lipinski definition) is 1. The fourth-order valence-electron chi connectivity index (χ4n) is 1.69. The summed E-state index contributed by atoms with van der Waals surface area (Å²) in [5, 5.41) is 8.15. The Morgan fingerprint density at radius 2 is 2.26 bits per heavy atom. The lowest BCUT2D eigenvalue weighted by Gasteiger charge is -2.11. The molecule has 3 rings (SSSR count). The van der Waals surface area contributed by atoms with Crippen molar-refractivity contribution < 1.29 is 0 Å². The normalized spacial score (nSPS) is 10.6. The van der Waals surface area contributed by atoms with E-state index in [1.54, 1.807) is 22.3 Å². The molecule has 2 aromatic heterocycles. The van der Waals surface area contributed by atoms with Crippen molar-refractivity contribution in [3.63, 3.8) is 0 Å². The maximum absolute atomic E-state index is 6.04. The molecule has 7 heteroatoms. The largest absolute Gasteiger partial charge is 0.378 e. The van der Waals surface area contributed by atoms with Gasteiger partial charge in [0, 0.05) is 16.1 Å². The molecular formula is C12H10ClN5S. The van der Waals surface area contributed by atoms with E-state index in [0.29, 0.717) is 11.6 Å². The van der Waals surface area contributed by atoms with E-state index in [1.807, 2.05) is 29.9 Å². The summed E-state index contributed by atoms with van der Waals surface area (Å²) in [5.74, 6) is 0. The number of rotatable bonds is 4. The first-order chi connectivity index (χ1) is 9.33. The zero-order chi connectivity index (χ0) is 13.1. The Morgan fingerprint density at radius 1 is 1.32 bits per heavy atom. The molecule has 0 radical (unpaired) electrons. The van der Waals surface area contributed by atoms with Crippen molar-refractivity contribution >= 4 is 28.6 Å². The summed E-state index contributed by atoms with van der Waals surface area (Å²) in [4.78, 5) is 9.16. The van der Waals surface area contributed by atoms with E-state index >= 15 is 0 Å². The minimum atomic E-state index is 0.677. The summed E-state index contributed by atoms with van der Waals surface area (Å²) in [7, 11) is 0. The number of thiazole rings is 1. The van der Waals surface area contributed by atoms with E-state index < -0.39 is 0 Å². The van der Waals surface area contributed by atoms with Crippen LogP contribution in [0.5, 0.6) is 0 Å². The van der Waals surface area contributed by atoms with Crippen LogP contribution in [0.3, 0.4) is 0 Å². The Morgan fingerprint density at radius 3 is 3.00 bits per heavy atom. The van der Waals surface area contributed by atoms with Crippen LogP contribution >= 0.6 is 22.9 Å². The van der Waals surface area contributed by atoms with Crippen molar-refractivity contribution in [2.75, 3.05) is 5.32 Å². The van der Waals surface area contributed by atoms with Crippen LogP contribution in [0.15, 0.2) is 42.6 Å². The smallest absolute Gasteiger partial charge is 0.138 e. The Kier molecular flexibility index (Phi) is 3.43. The van der Waals surface area contributed by atoms with Crippen LogP contribution in [0.4, 0.5) is 5.69 Å². The SMILES string of the molecule is Clc1ccc(-n2cncn2)c(NCc2cncs2)c1. The highest BCUT2D eigenvalue weighted by Gasteiger charge is 2.06. The minimum Gasteiger partial charge on any atom is -0.378 e. The van der Waals surface area contributed by atoms with Gasteiger partial charge in [-0.25, -0.2) is 9.67 Å². The van der Waals surface area contributed by atoms with Gasteiger partial charge < -0.3 is 5.32 Å². The molecule has 5 nitrogen and oxygen atoms in total. The minimum absolute atomic E-state index is 0.677. The van der Waals surface area contributed by atoms with Gasteiger partial charge in [-0.2, -0.15) is 5.10 Å². The van der Waals surface area contributed by atoms with Crippen molar-refractivity contribution in [1.29, 1.82) is 0 Å². The van der Waals surface area contributed by atoms with Crippen LogP contribution in [0, 0.1) is 0 Å². The van der Waals surface area contributed by atoms with E-state index in [1.165, 1.54) is 6.33 Å². The van der Waals surface area contributed by atoms with Crippen molar-refractivity contribution in [2.24, 2.45) is 0 Å². The monoisotopic (exact) mass is 291 g/mol. The number of nitrogens with one attached hydrogen (secondary N) is 1. The predicted molar refractivity (Wildman–Crippen MR) is 75.8 cm³/mol. The van der Waals surface area contributed by atoms with Gasteiger partial charge in [0.25, 0.3) is 0 Å². The van der Waals surface area contributed by atoms with Gasteiger partial charge in [0.05, 0.1) is 23.4 Å². The first kappa shape index (κ1) is 12.1. The van der Waals surface area contributed by atoms with Gasteiger partial charge in [-0.3, -0.25) is 4.98 Å². The van der Waals surface area contributed by atoms with Crippen LogP contribution in [0.25, 0.3) is 5.69 Å². The highest BCUT2D eigenvalue weighted by molar-refractivity contribution is 7.09. The zero-order valence-corrected chi connectivity index (χ0v) is 11.4. The van der Waals surface area contributed by atoms with Gasteiger partial charge in [0.1, 0.15) is 12.7 Å². The molecule has 0 spiro atoms. The van der Waals surface area contributed by atoms with E-state index in [-0.39, 0.29) is 0 Å². The topological polar surface area (TPSA) is 55.6 Å². The summed E-state index contributed by atoms with van der Waals surface area (Å²) in [6.07, 6.45) is 5.00.